The molecule has 1 fully saturated rings. The third kappa shape index (κ3) is 1.13. The van der Waals surface area contributed by atoms with Crippen molar-refractivity contribution in [2.45, 2.75) is 12.5 Å². The molecular formula is C11H13N3. The lowest BCUT2D eigenvalue weighted by molar-refractivity contribution is 0.562. The van der Waals surface area contributed by atoms with Gasteiger partial charge in [-0.25, -0.2) is 4.98 Å². The molecule has 1 aliphatic rings. The normalized spacial score (nSPS) is 21.9. The molecule has 0 amide bonds. The molecule has 1 aliphatic heterocycles. The van der Waals surface area contributed by atoms with Crippen molar-refractivity contribution < 1.29 is 0 Å². The molecule has 0 unspecified atom stereocenters. The van der Waals surface area contributed by atoms with Gasteiger partial charge in [0.15, 0.2) is 0 Å². The molecule has 0 radical (unpaired) electrons. The van der Waals surface area contributed by atoms with Crippen LogP contribution in [0.5, 0.6) is 0 Å². The highest BCUT2D eigenvalue weighted by Gasteiger charge is 2.17. The monoisotopic (exact) mass is 187 g/mol. The lowest BCUT2D eigenvalue weighted by Crippen LogP contribution is -2.12. The topological polar surface area (TPSA) is 29.9 Å². The second-order valence-corrected chi connectivity index (χ2v) is 3.79. The Bertz CT molecular complexity index is 440. The van der Waals surface area contributed by atoms with Crippen molar-refractivity contribution in [3.8, 4) is 0 Å². The van der Waals surface area contributed by atoms with Gasteiger partial charge < -0.3 is 9.88 Å². The molecule has 0 bridgehead atoms. The summed E-state index contributed by atoms with van der Waals surface area (Å²) in [7, 11) is 0. The third-order valence-corrected chi connectivity index (χ3v) is 2.90. The molecule has 0 saturated carbocycles. The number of hydrogen-bond donors (Lipinski definition) is 1. The van der Waals surface area contributed by atoms with Crippen molar-refractivity contribution >= 4 is 11.0 Å². The lowest BCUT2D eigenvalue weighted by Gasteiger charge is -2.11. The molecular weight excluding hydrogens is 174 g/mol. The minimum Gasteiger partial charge on any atom is -0.328 e. The van der Waals surface area contributed by atoms with Crippen molar-refractivity contribution in [1.82, 2.24) is 14.9 Å². The van der Waals surface area contributed by atoms with Crippen molar-refractivity contribution in [1.29, 1.82) is 0 Å². The molecule has 3 heteroatoms. The predicted molar refractivity (Wildman–Crippen MR) is 56.3 cm³/mol. The van der Waals surface area contributed by atoms with Gasteiger partial charge in [0.05, 0.1) is 0 Å². The van der Waals surface area contributed by atoms with Crippen molar-refractivity contribution in [2.75, 3.05) is 13.1 Å². The summed E-state index contributed by atoms with van der Waals surface area (Å²) in [4.78, 5) is 4.42. The van der Waals surface area contributed by atoms with Crippen LogP contribution in [0, 0.1) is 0 Å². The summed E-state index contributed by atoms with van der Waals surface area (Å²) in [5.41, 5.74) is 1.11. The summed E-state index contributed by atoms with van der Waals surface area (Å²) < 4.78 is 2.29. The van der Waals surface area contributed by atoms with E-state index in [1.165, 1.54) is 11.8 Å². The van der Waals surface area contributed by atoms with Crippen LogP contribution in [0.3, 0.4) is 0 Å². The maximum Gasteiger partial charge on any atom is 0.140 e. The molecule has 0 aliphatic carbocycles. The Hall–Kier alpha value is -1.35. The summed E-state index contributed by atoms with van der Waals surface area (Å²) in [5.74, 6) is 0. The number of nitrogens with one attached hydrogen (secondary N) is 1. The number of hydrogen-bond acceptors (Lipinski definition) is 2. The first-order valence-electron chi connectivity index (χ1n) is 5.07. The van der Waals surface area contributed by atoms with Gasteiger partial charge >= 0.3 is 0 Å². The van der Waals surface area contributed by atoms with Gasteiger partial charge in [-0.05, 0) is 31.2 Å². The Morgan fingerprint density at radius 1 is 1.43 bits per heavy atom. The molecule has 3 nitrogen and oxygen atoms in total. The van der Waals surface area contributed by atoms with Gasteiger partial charge in [0, 0.05) is 30.4 Å². The fourth-order valence-corrected chi connectivity index (χ4v) is 2.16. The standard InChI is InChI=1S/C11H13N3/c1-2-9-4-7-14(11(9)13-5-1)10-3-6-12-8-10/h1-2,4-5,7,10,12H,3,6,8H2/t10-/m0/s1. The number of rotatable bonds is 1. The minimum absolute atomic E-state index is 0.586. The molecule has 14 heavy (non-hydrogen) atoms. The average Bonchev–Trinajstić information content (AvgIpc) is 2.85. The van der Waals surface area contributed by atoms with Crippen molar-refractivity contribution in [3.05, 3.63) is 30.6 Å². The molecule has 2 aromatic rings. The van der Waals surface area contributed by atoms with Gasteiger partial charge in [0.1, 0.15) is 5.65 Å². The Balaban J connectivity index is 2.11. The fraction of sp³-hybridized carbons (Fsp3) is 0.364. The zero-order chi connectivity index (χ0) is 9.38. The summed E-state index contributed by atoms with van der Waals surface area (Å²) in [6.45, 7) is 2.19. The quantitative estimate of drug-likeness (QED) is 0.734. The van der Waals surface area contributed by atoms with E-state index in [1.807, 2.05) is 12.3 Å². The van der Waals surface area contributed by atoms with E-state index in [2.05, 4.69) is 33.2 Å². The summed E-state index contributed by atoms with van der Waals surface area (Å²) in [5, 5.41) is 4.61. The van der Waals surface area contributed by atoms with Crippen molar-refractivity contribution in [2.24, 2.45) is 0 Å². The van der Waals surface area contributed by atoms with Gasteiger partial charge in [-0.3, -0.25) is 0 Å². The van der Waals surface area contributed by atoms with Gasteiger partial charge in [-0.15, -0.1) is 0 Å². The van der Waals surface area contributed by atoms with E-state index in [0.717, 1.165) is 18.7 Å². The Labute approximate surface area is 82.8 Å². The molecule has 72 valence electrons. The summed E-state index contributed by atoms with van der Waals surface area (Å²) in [6, 6.07) is 6.82. The van der Waals surface area contributed by atoms with Crippen LogP contribution in [0.4, 0.5) is 0 Å². The van der Waals surface area contributed by atoms with Gasteiger partial charge in [-0.2, -0.15) is 0 Å². The molecule has 0 spiro atoms. The van der Waals surface area contributed by atoms with E-state index < -0.39 is 0 Å². The lowest BCUT2D eigenvalue weighted by atomic mass is 10.2. The first-order chi connectivity index (χ1) is 6.95. The maximum absolute atomic E-state index is 4.42. The number of fused-ring (bicyclic) bond motifs is 1. The van der Waals surface area contributed by atoms with Crippen LogP contribution < -0.4 is 5.32 Å². The molecule has 1 N–H and O–H groups in total. The number of pyridine rings is 1. The summed E-state index contributed by atoms with van der Waals surface area (Å²) in [6.07, 6.45) is 5.22. The van der Waals surface area contributed by atoms with Gasteiger partial charge in [0.2, 0.25) is 0 Å². The first-order valence-corrected chi connectivity index (χ1v) is 5.07. The zero-order valence-electron chi connectivity index (χ0n) is 7.98. The second-order valence-electron chi connectivity index (χ2n) is 3.79. The number of aromatic nitrogens is 2. The predicted octanol–water partition coefficient (Wildman–Crippen LogP) is 1.57. The molecule has 3 heterocycles. The highest BCUT2D eigenvalue weighted by atomic mass is 15.1. The van der Waals surface area contributed by atoms with E-state index in [4.69, 9.17) is 0 Å². The van der Waals surface area contributed by atoms with E-state index >= 15 is 0 Å². The van der Waals surface area contributed by atoms with E-state index in [-0.39, 0.29) is 0 Å². The van der Waals surface area contributed by atoms with Crippen LogP contribution in [0.1, 0.15) is 12.5 Å². The zero-order valence-corrected chi connectivity index (χ0v) is 7.98. The van der Waals surface area contributed by atoms with Crippen LogP contribution in [-0.2, 0) is 0 Å². The average molecular weight is 187 g/mol. The highest BCUT2D eigenvalue weighted by Crippen LogP contribution is 2.21. The molecule has 1 saturated heterocycles. The molecule has 1 atom stereocenters. The van der Waals surface area contributed by atoms with E-state index in [1.54, 1.807) is 0 Å². The first kappa shape index (κ1) is 8.00. The van der Waals surface area contributed by atoms with Gasteiger partial charge in [-0.1, -0.05) is 0 Å². The van der Waals surface area contributed by atoms with Crippen molar-refractivity contribution in [3.63, 3.8) is 0 Å². The van der Waals surface area contributed by atoms with E-state index in [0.29, 0.717) is 6.04 Å². The molecule has 0 aromatic carbocycles. The smallest absolute Gasteiger partial charge is 0.140 e. The molecule has 3 rings (SSSR count). The largest absolute Gasteiger partial charge is 0.328 e. The van der Waals surface area contributed by atoms with Gasteiger partial charge in [0.25, 0.3) is 0 Å². The second kappa shape index (κ2) is 3.10. The van der Waals surface area contributed by atoms with E-state index in [9.17, 15) is 0 Å². The molecule has 2 aromatic heterocycles. The van der Waals surface area contributed by atoms with Crippen LogP contribution in [-0.4, -0.2) is 22.6 Å². The van der Waals surface area contributed by atoms with Crippen LogP contribution in [0.2, 0.25) is 0 Å². The minimum atomic E-state index is 0.586. The SMILES string of the molecule is c1cnc2c(c1)ccn2[C@H]1CCNC1. The fourth-order valence-electron chi connectivity index (χ4n) is 2.16. The van der Waals surface area contributed by atoms with Crippen LogP contribution in [0.25, 0.3) is 11.0 Å². The van der Waals surface area contributed by atoms with Crippen LogP contribution in [0.15, 0.2) is 30.6 Å². The summed E-state index contributed by atoms with van der Waals surface area (Å²) >= 11 is 0. The Kier molecular flexibility index (Phi) is 1.77. The Morgan fingerprint density at radius 2 is 2.43 bits per heavy atom. The number of nitrogens with zero attached hydrogens (tertiary/aromatic N) is 2. The Morgan fingerprint density at radius 3 is 3.29 bits per heavy atom. The maximum atomic E-state index is 4.42. The highest BCUT2D eigenvalue weighted by molar-refractivity contribution is 5.75. The third-order valence-electron chi connectivity index (χ3n) is 2.90. The van der Waals surface area contributed by atoms with Crippen LogP contribution >= 0.6 is 0 Å².